The number of aryl methyl sites for hydroxylation is 5. The third kappa shape index (κ3) is 3.94. The molecule has 4 aromatic rings. The highest BCUT2D eigenvalue weighted by atomic mass is 32.2. The van der Waals surface area contributed by atoms with Crippen LogP contribution in [0.2, 0.25) is 0 Å². The summed E-state index contributed by atoms with van der Waals surface area (Å²) in [6.45, 7) is 5.63. The number of benzene rings is 4. The van der Waals surface area contributed by atoms with Gasteiger partial charge in [-0.2, -0.15) is 0 Å². The van der Waals surface area contributed by atoms with Crippen LogP contribution in [-0.4, -0.2) is 14.3 Å². The monoisotopic (exact) mass is 470 g/mol. The highest BCUT2D eigenvalue weighted by Gasteiger charge is 2.21. The molecule has 0 radical (unpaired) electrons. The number of hydrogen-bond donors (Lipinski definition) is 2. The van der Waals surface area contributed by atoms with Gasteiger partial charge in [-0.1, -0.05) is 36.4 Å². The lowest BCUT2D eigenvalue weighted by atomic mass is 10.0. The fourth-order valence-corrected chi connectivity index (χ4v) is 5.92. The van der Waals surface area contributed by atoms with Crippen molar-refractivity contribution in [2.45, 2.75) is 38.5 Å². The SMILES string of the molecule is Cc1ccc(NS(=O)(=O)c2cc(C(=O)Nc3ccc4c5c(cccc35)CC4)ccc2C)cc1C. The normalized spacial score (nSPS) is 12.7. The number of hydrogen-bond acceptors (Lipinski definition) is 3. The van der Waals surface area contributed by atoms with E-state index in [0.717, 1.165) is 35.0 Å². The molecular formula is C28H26N2O3S. The van der Waals surface area contributed by atoms with E-state index >= 15 is 0 Å². The molecule has 1 aliphatic carbocycles. The first kappa shape index (κ1) is 22.2. The fraction of sp³-hybridized carbons (Fsp3) is 0.179. The number of sulfonamides is 1. The summed E-state index contributed by atoms with van der Waals surface area (Å²) in [7, 11) is -3.87. The Bertz CT molecular complexity index is 1560. The predicted molar refractivity (Wildman–Crippen MR) is 137 cm³/mol. The van der Waals surface area contributed by atoms with Crippen molar-refractivity contribution in [1.29, 1.82) is 0 Å². The number of amides is 1. The van der Waals surface area contributed by atoms with E-state index < -0.39 is 10.0 Å². The second-order valence-electron chi connectivity index (χ2n) is 8.95. The minimum Gasteiger partial charge on any atom is -0.321 e. The Morgan fingerprint density at radius 3 is 2.29 bits per heavy atom. The van der Waals surface area contributed by atoms with Gasteiger partial charge in [0, 0.05) is 22.3 Å². The van der Waals surface area contributed by atoms with Crippen LogP contribution in [0.5, 0.6) is 0 Å². The molecule has 0 bridgehead atoms. The third-order valence-corrected chi connectivity index (χ3v) is 8.15. The van der Waals surface area contributed by atoms with Gasteiger partial charge < -0.3 is 5.32 Å². The van der Waals surface area contributed by atoms with E-state index in [9.17, 15) is 13.2 Å². The summed E-state index contributed by atoms with van der Waals surface area (Å²) in [6.07, 6.45) is 2.02. The van der Waals surface area contributed by atoms with Gasteiger partial charge in [-0.3, -0.25) is 9.52 Å². The van der Waals surface area contributed by atoms with Crippen LogP contribution in [-0.2, 0) is 22.9 Å². The minimum atomic E-state index is -3.87. The van der Waals surface area contributed by atoms with E-state index in [1.807, 2.05) is 38.1 Å². The topological polar surface area (TPSA) is 75.3 Å². The summed E-state index contributed by atoms with van der Waals surface area (Å²) in [5.41, 5.74) is 6.74. The van der Waals surface area contributed by atoms with E-state index in [1.165, 1.54) is 22.6 Å². The first-order valence-electron chi connectivity index (χ1n) is 11.3. The molecule has 5 rings (SSSR count). The Morgan fingerprint density at radius 2 is 1.53 bits per heavy atom. The van der Waals surface area contributed by atoms with E-state index in [-0.39, 0.29) is 16.4 Å². The summed E-state index contributed by atoms with van der Waals surface area (Å²) in [5.74, 6) is -0.346. The second-order valence-corrected chi connectivity index (χ2v) is 10.6. The number of anilines is 2. The van der Waals surface area contributed by atoms with E-state index in [1.54, 1.807) is 31.2 Å². The summed E-state index contributed by atoms with van der Waals surface area (Å²) < 4.78 is 29.0. The fourth-order valence-electron chi connectivity index (χ4n) is 4.60. The number of carbonyl (C=O) groups is 1. The maximum absolute atomic E-state index is 13.2. The molecule has 5 nitrogen and oxygen atoms in total. The average Bonchev–Trinajstić information content (AvgIpc) is 3.23. The van der Waals surface area contributed by atoms with Gasteiger partial charge in [-0.25, -0.2) is 8.42 Å². The van der Waals surface area contributed by atoms with Gasteiger partial charge in [0.05, 0.1) is 4.90 Å². The Balaban J connectivity index is 1.45. The van der Waals surface area contributed by atoms with Crippen molar-refractivity contribution in [3.63, 3.8) is 0 Å². The van der Waals surface area contributed by atoms with Gasteiger partial charge >= 0.3 is 0 Å². The van der Waals surface area contributed by atoms with Crippen LogP contribution in [0.15, 0.2) is 71.6 Å². The average molecular weight is 471 g/mol. The highest BCUT2D eigenvalue weighted by molar-refractivity contribution is 7.92. The molecular weight excluding hydrogens is 444 g/mol. The first-order valence-corrected chi connectivity index (χ1v) is 12.8. The van der Waals surface area contributed by atoms with E-state index in [2.05, 4.69) is 22.2 Å². The van der Waals surface area contributed by atoms with Crippen LogP contribution in [0.25, 0.3) is 10.8 Å². The van der Waals surface area contributed by atoms with Crippen molar-refractivity contribution < 1.29 is 13.2 Å². The molecule has 172 valence electrons. The van der Waals surface area contributed by atoms with Crippen LogP contribution in [0.1, 0.15) is 38.2 Å². The lowest BCUT2D eigenvalue weighted by Crippen LogP contribution is -2.17. The lowest BCUT2D eigenvalue weighted by molar-refractivity contribution is 0.102. The molecule has 0 aliphatic heterocycles. The quantitative estimate of drug-likeness (QED) is 0.380. The van der Waals surface area contributed by atoms with Crippen LogP contribution in [0.3, 0.4) is 0 Å². The van der Waals surface area contributed by atoms with Crippen molar-refractivity contribution in [3.8, 4) is 0 Å². The molecule has 0 spiro atoms. The van der Waals surface area contributed by atoms with Crippen molar-refractivity contribution in [1.82, 2.24) is 0 Å². The smallest absolute Gasteiger partial charge is 0.262 e. The van der Waals surface area contributed by atoms with Gasteiger partial charge in [0.15, 0.2) is 0 Å². The summed E-state index contributed by atoms with van der Waals surface area (Å²) >= 11 is 0. The molecule has 6 heteroatoms. The number of carbonyl (C=O) groups excluding carboxylic acids is 1. The van der Waals surface area contributed by atoms with Crippen LogP contribution >= 0.6 is 0 Å². The van der Waals surface area contributed by atoms with Crippen LogP contribution in [0, 0.1) is 20.8 Å². The van der Waals surface area contributed by atoms with Gasteiger partial charge in [-0.05, 0) is 97.1 Å². The molecule has 0 unspecified atom stereocenters. The molecule has 0 saturated heterocycles. The van der Waals surface area contributed by atoms with E-state index in [4.69, 9.17) is 0 Å². The zero-order chi connectivity index (χ0) is 24.0. The minimum absolute atomic E-state index is 0.0822. The second kappa shape index (κ2) is 8.29. The Kier molecular flexibility index (Phi) is 5.41. The zero-order valence-electron chi connectivity index (χ0n) is 19.4. The molecule has 1 aliphatic rings. The first-order chi connectivity index (χ1) is 16.2. The molecule has 4 aromatic carbocycles. The Morgan fingerprint density at radius 1 is 0.794 bits per heavy atom. The molecule has 1 amide bonds. The predicted octanol–water partition coefficient (Wildman–Crippen LogP) is 5.92. The molecule has 0 fully saturated rings. The van der Waals surface area contributed by atoms with Crippen molar-refractivity contribution >= 4 is 38.1 Å². The molecule has 34 heavy (non-hydrogen) atoms. The van der Waals surface area contributed by atoms with Gasteiger partial charge in [0.2, 0.25) is 0 Å². The highest BCUT2D eigenvalue weighted by Crippen LogP contribution is 2.35. The maximum atomic E-state index is 13.2. The number of nitrogens with one attached hydrogen (secondary N) is 2. The molecule has 0 heterocycles. The molecule has 0 saturated carbocycles. The summed E-state index contributed by atoms with van der Waals surface area (Å²) in [4.78, 5) is 13.2. The maximum Gasteiger partial charge on any atom is 0.262 e. The molecule has 0 aromatic heterocycles. The van der Waals surface area contributed by atoms with Crippen LogP contribution < -0.4 is 10.0 Å². The third-order valence-electron chi connectivity index (χ3n) is 6.62. The van der Waals surface area contributed by atoms with Gasteiger partial charge in [-0.15, -0.1) is 0 Å². The largest absolute Gasteiger partial charge is 0.321 e. The van der Waals surface area contributed by atoms with Gasteiger partial charge in [0.25, 0.3) is 15.9 Å². The summed E-state index contributed by atoms with van der Waals surface area (Å²) in [6, 6.07) is 20.3. The zero-order valence-corrected chi connectivity index (χ0v) is 20.2. The number of rotatable bonds is 5. The Labute approximate surface area is 199 Å². The molecule has 2 N–H and O–H groups in total. The summed E-state index contributed by atoms with van der Waals surface area (Å²) in [5, 5.41) is 5.22. The van der Waals surface area contributed by atoms with Crippen molar-refractivity contribution in [3.05, 3.63) is 100 Å². The van der Waals surface area contributed by atoms with Crippen molar-refractivity contribution in [2.24, 2.45) is 0 Å². The van der Waals surface area contributed by atoms with Gasteiger partial charge in [0.1, 0.15) is 0 Å². The standard InChI is InChI=1S/C28H26N2O3S/c1-17-8-13-23(15-19(17)3)30-34(32,33)26-16-22(9-7-18(26)2)28(31)29-25-14-12-21-11-10-20-5-4-6-24(25)27(20)21/h4-9,12-16,30H,10-11H2,1-3H3,(H,29,31). The lowest BCUT2D eigenvalue weighted by Gasteiger charge is -2.14. The molecule has 0 atom stereocenters. The Hall–Kier alpha value is -3.64. The van der Waals surface area contributed by atoms with E-state index in [0.29, 0.717) is 11.3 Å². The van der Waals surface area contributed by atoms with Crippen LogP contribution in [0.4, 0.5) is 11.4 Å². The van der Waals surface area contributed by atoms with Crippen molar-refractivity contribution in [2.75, 3.05) is 10.0 Å².